The summed E-state index contributed by atoms with van der Waals surface area (Å²) in [6.07, 6.45) is 7.06. The number of hydrogen-bond acceptors (Lipinski definition) is 5. The highest BCUT2D eigenvalue weighted by atomic mass is 16.5. The van der Waals surface area contributed by atoms with E-state index in [1.54, 1.807) is 25.2 Å². The van der Waals surface area contributed by atoms with Gasteiger partial charge in [0.1, 0.15) is 40.7 Å². The van der Waals surface area contributed by atoms with Crippen molar-refractivity contribution in [1.82, 2.24) is 0 Å². The van der Waals surface area contributed by atoms with Crippen LogP contribution in [0.1, 0.15) is 31.9 Å². The molecule has 28 heavy (non-hydrogen) atoms. The molecule has 0 unspecified atom stereocenters. The Bertz CT molecular complexity index is 1050. The SMILES string of the molecule is CCNc1cc2c(cc1C)C(C)=CC(=CC1=CC(=C(C#N)C#N)C=C(C)O1)O2. The smallest absolute Gasteiger partial charge is 0.137 e. The molecule has 0 atom stereocenters. The Morgan fingerprint density at radius 3 is 2.50 bits per heavy atom. The molecule has 3 rings (SSSR count). The molecule has 2 heterocycles. The molecule has 1 N–H and O–H groups in total. The van der Waals surface area contributed by atoms with E-state index < -0.39 is 0 Å². The summed E-state index contributed by atoms with van der Waals surface area (Å²) in [4.78, 5) is 0. The van der Waals surface area contributed by atoms with Crippen LogP contribution in [0.2, 0.25) is 0 Å². The maximum Gasteiger partial charge on any atom is 0.137 e. The molecule has 0 radical (unpaired) electrons. The van der Waals surface area contributed by atoms with E-state index in [0.29, 0.717) is 22.9 Å². The second kappa shape index (κ2) is 7.90. The van der Waals surface area contributed by atoms with Gasteiger partial charge in [0.2, 0.25) is 0 Å². The fourth-order valence-electron chi connectivity index (χ4n) is 3.15. The fraction of sp³-hybridized carbons (Fsp3) is 0.217. The van der Waals surface area contributed by atoms with Crippen LogP contribution in [0.5, 0.6) is 5.75 Å². The first-order valence-electron chi connectivity index (χ1n) is 9.04. The van der Waals surface area contributed by atoms with Gasteiger partial charge in [0.25, 0.3) is 0 Å². The number of allylic oxidation sites excluding steroid dienone is 8. The van der Waals surface area contributed by atoms with Crippen molar-refractivity contribution in [3.8, 4) is 17.9 Å². The summed E-state index contributed by atoms with van der Waals surface area (Å²) in [6, 6.07) is 7.95. The van der Waals surface area contributed by atoms with E-state index >= 15 is 0 Å². The summed E-state index contributed by atoms with van der Waals surface area (Å²) >= 11 is 0. The van der Waals surface area contributed by atoms with Crippen LogP contribution in [0.3, 0.4) is 0 Å². The number of nitriles is 2. The molecular weight excluding hydrogens is 350 g/mol. The number of aryl methyl sites for hydroxylation is 1. The molecule has 0 aliphatic carbocycles. The summed E-state index contributed by atoms with van der Waals surface area (Å²) in [5.74, 6) is 2.53. The molecule has 0 saturated heterocycles. The molecule has 1 aromatic carbocycles. The highest BCUT2D eigenvalue weighted by molar-refractivity contribution is 5.77. The van der Waals surface area contributed by atoms with E-state index in [4.69, 9.17) is 20.0 Å². The largest absolute Gasteiger partial charge is 0.462 e. The number of nitrogens with zero attached hydrogens (tertiary/aromatic N) is 2. The lowest BCUT2D eigenvalue weighted by molar-refractivity contribution is 0.313. The predicted molar refractivity (Wildman–Crippen MR) is 109 cm³/mol. The lowest BCUT2D eigenvalue weighted by Crippen LogP contribution is -2.07. The second-order valence-corrected chi connectivity index (χ2v) is 6.63. The number of ether oxygens (including phenoxy) is 2. The highest BCUT2D eigenvalue weighted by Crippen LogP contribution is 2.37. The molecule has 5 nitrogen and oxygen atoms in total. The first-order valence-corrected chi connectivity index (χ1v) is 9.04. The van der Waals surface area contributed by atoms with Gasteiger partial charge in [-0.2, -0.15) is 10.5 Å². The molecule has 2 aliphatic heterocycles. The van der Waals surface area contributed by atoms with E-state index in [1.165, 1.54) is 5.56 Å². The van der Waals surface area contributed by atoms with Crippen LogP contribution < -0.4 is 10.1 Å². The van der Waals surface area contributed by atoms with Gasteiger partial charge in [-0.3, -0.25) is 0 Å². The first-order chi connectivity index (χ1) is 13.4. The maximum atomic E-state index is 9.12. The van der Waals surface area contributed by atoms with Crippen molar-refractivity contribution in [3.05, 3.63) is 76.0 Å². The van der Waals surface area contributed by atoms with E-state index in [1.807, 2.05) is 31.2 Å². The van der Waals surface area contributed by atoms with Crippen molar-refractivity contribution in [1.29, 1.82) is 10.5 Å². The summed E-state index contributed by atoms with van der Waals surface area (Å²) in [5, 5.41) is 21.6. The zero-order chi connectivity index (χ0) is 20.3. The third kappa shape index (κ3) is 3.84. The average molecular weight is 371 g/mol. The predicted octanol–water partition coefficient (Wildman–Crippen LogP) is 5.27. The Labute approximate surface area is 165 Å². The molecule has 0 saturated carbocycles. The average Bonchev–Trinajstić information content (AvgIpc) is 2.64. The van der Waals surface area contributed by atoms with Gasteiger partial charge >= 0.3 is 0 Å². The minimum absolute atomic E-state index is 0.0472. The van der Waals surface area contributed by atoms with E-state index in [2.05, 4.69) is 25.2 Å². The van der Waals surface area contributed by atoms with Gasteiger partial charge in [-0.15, -0.1) is 0 Å². The van der Waals surface area contributed by atoms with Crippen LogP contribution in [0, 0.1) is 29.6 Å². The minimum atomic E-state index is 0.0472. The maximum absolute atomic E-state index is 9.12. The Kier molecular flexibility index (Phi) is 5.38. The van der Waals surface area contributed by atoms with Crippen LogP contribution in [0.4, 0.5) is 5.69 Å². The Hall–Kier alpha value is -3.70. The summed E-state index contributed by atoms with van der Waals surface area (Å²) in [5.41, 5.74) is 4.93. The fourth-order valence-corrected chi connectivity index (χ4v) is 3.15. The second-order valence-electron chi connectivity index (χ2n) is 6.63. The number of rotatable bonds is 3. The topological polar surface area (TPSA) is 78.1 Å². The van der Waals surface area contributed by atoms with Crippen LogP contribution in [0.25, 0.3) is 5.57 Å². The van der Waals surface area contributed by atoms with Crippen molar-refractivity contribution in [2.24, 2.45) is 0 Å². The van der Waals surface area contributed by atoms with Gasteiger partial charge in [-0.05, 0) is 63.1 Å². The van der Waals surface area contributed by atoms with Gasteiger partial charge in [0.15, 0.2) is 0 Å². The van der Waals surface area contributed by atoms with E-state index in [-0.39, 0.29) is 5.57 Å². The van der Waals surface area contributed by atoms with Gasteiger partial charge in [0, 0.05) is 35.5 Å². The molecule has 2 aliphatic rings. The minimum Gasteiger partial charge on any atom is -0.462 e. The third-order valence-corrected chi connectivity index (χ3v) is 4.44. The molecule has 0 spiro atoms. The van der Waals surface area contributed by atoms with E-state index in [9.17, 15) is 0 Å². The van der Waals surface area contributed by atoms with Crippen LogP contribution >= 0.6 is 0 Å². The van der Waals surface area contributed by atoms with Crippen molar-refractivity contribution >= 4 is 11.3 Å². The van der Waals surface area contributed by atoms with Crippen molar-refractivity contribution in [2.45, 2.75) is 27.7 Å². The number of benzene rings is 1. The molecule has 0 aromatic heterocycles. The molecular formula is C23H21N3O2. The lowest BCUT2D eigenvalue weighted by Gasteiger charge is -2.22. The Morgan fingerprint density at radius 1 is 1.07 bits per heavy atom. The van der Waals surface area contributed by atoms with Crippen LogP contribution in [-0.2, 0) is 4.74 Å². The number of nitrogens with one attached hydrogen (secondary N) is 1. The van der Waals surface area contributed by atoms with Crippen molar-refractivity contribution in [2.75, 3.05) is 11.9 Å². The Morgan fingerprint density at radius 2 is 1.82 bits per heavy atom. The van der Waals surface area contributed by atoms with Crippen molar-refractivity contribution in [3.63, 3.8) is 0 Å². The zero-order valence-corrected chi connectivity index (χ0v) is 16.4. The first kappa shape index (κ1) is 19.1. The van der Waals surface area contributed by atoms with Gasteiger partial charge in [-0.25, -0.2) is 0 Å². The molecule has 0 bridgehead atoms. The Balaban J connectivity index is 1.99. The standard InChI is InChI=1S/C23H21N3O2/c1-5-26-22-11-23-21(7-15(22)3)14(2)6-19(28-23)10-20-9-17(8-16(4)27-20)18(12-24)13-25/h6-11,26H,5H2,1-4H3. The number of fused-ring (bicyclic) bond motifs is 1. The summed E-state index contributed by atoms with van der Waals surface area (Å²) < 4.78 is 11.8. The highest BCUT2D eigenvalue weighted by Gasteiger charge is 2.18. The lowest BCUT2D eigenvalue weighted by atomic mass is 9.99. The van der Waals surface area contributed by atoms with Crippen LogP contribution in [-0.4, -0.2) is 6.54 Å². The third-order valence-electron chi connectivity index (χ3n) is 4.44. The monoisotopic (exact) mass is 371 g/mol. The quantitative estimate of drug-likeness (QED) is 0.733. The van der Waals surface area contributed by atoms with Gasteiger partial charge in [-0.1, -0.05) is 0 Å². The number of anilines is 1. The van der Waals surface area contributed by atoms with Crippen LogP contribution in [0.15, 0.2) is 64.9 Å². The normalized spacial score (nSPS) is 16.4. The molecule has 0 amide bonds. The van der Waals surface area contributed by atoms with Crippen molar-refractivity contribution < 1.29 is 9.47 Å². The zero-order valence-electron chi connectivity index (χ0n) is 16.4. The summed E-state index contributed by atoms with van der Waals surface area (Å²) in [7, 11) is 0. The molecule has 140 valence electrons. The van der Waals surface area contributed by atoms with E-state index in [0.717, 1.165) is 29.1 Å². The number of hydrogen-bond donors (Lipinski definition) is 1. The molecule has 1 aromatic rings. The van der Waals surface area contributed by atoms with Gasteiger partial charge < -0.3 is 14.8 Å². The summed E-state index contributed by atoms with van der Waals surface area (Å²) in [6.45, 7) is 8.78. The molecule has 0 fully saturated rings. The molecule has 5 heteroatoms. The van der Waals surface area contributed by atoms with Gasteiger partial charge in [0.05, 0.1) is 0 Å².